The third kappa shape index (κ3) is 3.94. The molecule has 8 atom stereocenters. The topological polar surface area (TPSA) is 18.5 Å². The first-order valence-electron chi connectivity index (χ1n) is 14.0. The van der Waals surface area contributed by atoms with Gasteiger partial charge in [0.05, 0.1) is 13.4 Å². The Hall–Kier alpha value is -1.38. The first kappa shape index (κ1) is 24.3. The van der Waals surface area contributed by atoms with Crippen LogP contribution in [0.2, 0.25) is 18.0 Å². The quantitative estimate of drug-likeness (QED) is 0.285. The molecule has 186 valence electrons. The molecular weight excluding hydrogens is 415 g/mol. The predicted molar refractivity (Wildman–Crippen MR) is 143 cm³/mol. The number of fused-ring (bicyclic) bond motifs is 4. The van der Waals surface area contributed by atoms with Crippen LogP contribution < -0.4 is 4.74 Å². The normalized spacial score (nSPS) is 39.1. The van der Waals surface area contributed by atoms with Crippen LogP contribution in [0.4, 0.5) is 0 Å². The van der Waals surface area contributed by atoms with Crippen molar-refractivity contribution in [1.29, 1.82) is 0 Å². The molecule has 6 saturated carbocycles. The van der Waals surface area contributed by atoms with E-state index in [1.165, 1.54) is 37.6 Å². The summed E-state index contributed by atoms with van der Waals surface area (Å²) in [7, 11) is 1.71. The van der Waals surface area contributed by atoms with Crippen LogP contribution >= 0.6 is 0 Å². The highest BCUT2D eigenvalue weighted by Crippen LogP contribution is 2.69. The molecule has 0 radical (unpaired) electrons. The number of hydrogen-bond acceptors (Lipinski definition) is 2. The fourth-order valence-electron chi connectivity index (χ4n) is 9.32. The van der Waals surface area contributed by atoms with E-state index in [0.717, 1.165) is 59.6 Å². The van der Waals surface area contributed by atoms with Gasteiger partial charge in [-0.1, -0.05) is 90.5 Å². The summed E-state index contributed by atoms with van der Waals surface area (Å²) in [5, 5.41) is 0. The maximum Gasteiger partial charge on any atom is 0.150 e. The Morgan fingerprint density at radius 3 is 1.82 bits per heavy atom. The van der Waals surface area contributed by atoms with Gasteiger partial charge in [-0.3, -0.25) is 0 Å². The van der Waals surface area contributed by atoms with Gasteiger partial charge in [0, 0.05) is 0 Å². The lowest BCUT2D eigenvalue weighted by Crippen LogP contribution is -2.59. The van der Waals surface area contributed by atoms with E-state index < -0.39 is 0 Å². The molecule has 0 amide bonds. The van der Waals surface area contributed by atoms with E-state index in [-0.39, 0.29) is 0 Å². The first-order valence-corrected chi connectivity index (χ1v) is 14.0. The molecule has 0 aromatic heterocycles. The van der Waals surface area contributed by atoms with Crippen LogP contribution in [0.25, 0.3) is 0 Å². The number of allylic oxidation sites excluding steroid dienone is 1. The molecule has 0 unspecified atom stereocenters. The highest BCUT2D eigenvalue weighted by atomic mass is 16.5. The largest absolute Gasteiger partial charge is 0.497 e. The Morgan fingerprint density at radius 2 is 1.38 bits per heavy atom. The fraction of sp³-hybridized carbons (Fsp3) is 0.742. The summed E-state index contributed by atoms with van der Waals surface area (Å²) < 4.78 is 11.2. The first-order chi connectivity index (χ1) is 16.1. The van der Waals surface area contributed by atoms with Gasteiger partial charge in [-0.2, -0.15) is 0 Å². The van der Waals surface area contributed by atoms with E-state index in [1.807, 2.05) is 18.4 Å². The summed E-state index contributed by atoms with van der Waals surface area (Å²) in [5.41, 5.74) is 2.33. The van der Waals surface area contributed by atoms with Crippen molar-refractivity contribution in [3.8, 4) is 5.75 Å². The van der Waals surface area contributed by atoms with E-state index in [1.54, 1.807) is 7.11 Å². The summed E-state index contributed by atoms with van der Waals surface area (Å²) in [4.78, 5) is 0. The zero-order valence-electron chi connectivity index (χ0n) is 22.7. The van der Waals surface area contributed by atoms with Crippen LogP contribution in [0.5, 0.6) is 5.75 Å². The lowest BCUT2D eigenvalue weighted by atomic mass is 9.20. The molecule has 0 spiro atoms. The lowest BCUT2D eigenvalue weighted by molar-refractivity contribution is -0.107. The minimum atomic E-state index is 0.570. The number of rotatable bonds is 8. The van der Waals surface area contributed by atoms with Gasteiger partial charge in [0.25, 0.3) is 0 Å². The molecule has 6 fully saturated rings. The Kier molecular flexibility index (Phi) is 6.39. The van der Waals surface area contributed by atoms with Gasteiger partial charge >= 0.3 is 0 Å². The average molecular weight is 463 g/mol. The lowest BCUT2D eigenvalue weighted by Gasteiger charge is -2.66. The molecule has 1 aromatic carbocycles. The second-order valence-electron chi connectivity index (χ2n) is 13.7. The molecule has 34 heavy (non-hydrogen) atoms. The Labute approximate surface area is 209 Å². The highest BCUT2D eigenvalue weighted by molar-refractivity contribution is 6.62. The number of hydrogen-bond donors (Lipinski definition) is 0. The van der Waals surface area contributed by atoms with Gasteiger partial charge in [-0.25, -0.2) is 0 Å². The van der Waals surface area contributed by atoms with Gasteiger partial charge in [0.1, 0.15) is 12.4 Å². The molecule has 1 aromatic rings. The second-order valence-corrected chi connectivity index (χ2v) is 13.7. The Balaban J connectivity index is 1.26. The summed E-state index contributed by atoms with van der Waals surface area (Å²) >= 11 is 0. The molecule has 6 aliphatic carbocycles. The molecule has 3 heteroatoms. The number of benzene rings is 1. The average Bonchev–Trinajstić information content (AvgIpc) is 2.82. The summed E-state index contributed by atoms with van der Waals surface area (Å²) in [5.74, 6) is 8.13. The number of methoxy groups -OCH3 is 1. The van der Waals surface area contributed by atoms with Crippen LogP contribution in [0.1, 0.15) is 72.8 Å². The summed E-state index contributed by atoms with van der Waals surface area (Å²) in [6.07, 6.45) is 11.4. The maximum atomic E-state index is 5.98. The molecule has 0 heterocycles. The van der Waals surface area contributed by atoms with Crippen molar-refractivity contribution in [3.05, 3.63) is 42.2 Å². The van der Waals surface area contributed by atoms with E-state index in [4.69, 9.17) is 9.47 Å². The molecule has 0 saturated heterocycles. The zero-order chi connectivity index (χ0) is 24.3. The minimum Gasteiger partial charge on any atom is -0.497 e. The van der Waals surface area contributed by atoms with Crippen molar-refractivity contribution in [2.45, 2.75) is 91.8 Å². The van der Waals surface area contributed by atoms with Crippen molar-refractivity contribution in [2.75, 3.05) is 7.11 Å². The molecule has 7 rings (SSSR count). The third-order valence-electron chi connectivity index (χ3n) is 11.9. The second kappa shape index (κ2) is 8.93. The fourth-order valence-corrected chi connectivity index (χ4v) is 9.32. The van der Waals surface area contributed by atoms with Crippen molar-refractivity contribution in [2.24, 2.45) is 46.3 Å². The van der Waals surface area contributed by atoms with Crippen molar-refractivity contribution in [3.63, 3.8) is 0 Å². The molecule has 4 bridgehead atoms. The highest BCUT2D eigenvalue weighted by Gasteiger charge is 2.62. The smallest absolute Gasteiger partial charge is 0.150 e. The Bertz CT molecular complexity index is 845. The van der Waals surface area contributed by atoms with Gasteiger partial charge in [-0.05, 0) is 76.9 Å². The third-order valence-corrected chi connectivity index (χ3v) is 11.9. The van der Waals surface area contributed by atoms with E-state index >= 15 is 0 Å². The van der Waals surface area contributed by atoms with Crippen LogP contribution in [0, 0.1) is 46.3 Å². The van der Waals surface area contributed by atoms with Crippen molar-refractivity contribution >= 4 is 6.71 Å². The van der Waals surface area contributed by atoms with Gasteiger partial charge in [0.2, 0.25) is 0 Å². The molecule has 6 aliphatic rings. The van der Waals surface area contributed by atoms with E-state index in [2.05, 4.69) is 59.8 Å². The monoisotopic (exact) mass is 462 g/mol. The van der Waals surface area contributed by atoms with Crippen LogP contribution in [0.3, 0.4) is 0 Å². The van der Waals surface area contributed by atoms with Crippen molar-refractivity contribution in [1.82, 2.24) is 0 Å². The minimum absolute atomic E-state index is 0.570. The molecule has 0 N–H and O–H groups in total. The van der Waals surface area contributed by atoms with Crippen LogP contribution in [-0.4, -0.2) is 13.8 Å². The van der Waals surface area contributed by atoms with Gasteiger partial charge in [0.15, 0.2) is 6.71 Å². The SMILES string of the molecule is COc1ccc(CO/C=C\CB([C@H]2C[C@H]3C[C@@H]([C@@H]2C)C3(C)C)[C@H]2C[C@H]3C[C@@H]([C@@H]2C)C3(C)C)cc1. The van der Waals surface area contributed by atoms with Crippen LogP contribution in [0.15, 0.2) is 36.6 Å². The number of ether oxygens (including phenoxy) is 2. The zero-order valence-corrected chi connectivity index (χ0v) is 22.7. The maximum absolute atomic E-state index is 5.98. The Morgan fingerprint density at radius 1 is 0.853 bits per heavy atom. The van der Waals surface area contributed by atoms with Gasteiger partial charge < -0.3 is 9.47 Å². The van der Waals surface area contributed by atoms with Gasteiger partial charge in [-0.15, -0.1) is 0 Å². The molecular formula is C31H47BO2. The van der Waals surface area contributed by atoms with Crippen LogP contribution in [-0.2, 0) is 11.3 Å². The van der Waals surface area contributed by atoms with Crippen molar-refractivity contribution < 1.29 is 9.47 Å². The standard InChI is InChI=1S/C31H47BO2/c1-20-26-15-23(30(26,3)4)17-28(20)32(29-18-24-16-27(21(29)2)31(24,5)6)13-8-14-34-19-22-9-11-25(33-7)12-10-22/h8-12,14,20-21,23-24,26-29H,13,15-19H2,1-7H3/b14-8-/t20-,21-,23+,24+,26-,27-,28-,29-/m0/s1. The molecule has 0 aliphatic heterocycles. The van der Waals surface area contributed by atoms with E-state index in [0.29, 0.717) is 17.4 Å². The van der Waals surface area contributed by atoms with E-state index in [9.17, 15) is 0 Å². The molecule has 2 nitrogen and oxygen atoms in total. The summed E-state index contributed by atoms with van der Waals surface area (Å²) in [6, 6.07) is 8.19. The predicted octanol–water partition coefficient (Wildman–Crippen LogP) is 8.36. The summed E-state index contributed by atoms with van der Waals surface area (Å²) in [6.45, 7) is 16.8.